The van der Waals surface area contributed by atoms with Crippen molar-refractivity contribution in [3.63, 3.8) is 0 Å². The molecule has 0 aliphatic rings. The molecule has 1 aromatic heterocycles. The lowest BCUT2D eigenvalue weighted by Gasteiger charge is -2.08. The zero-order valence-electron chi connectivity index (χ0n) is 8.84. The highest BCUT2D eigenvalue weighted by atomic mass is 79.9. The van der Waals surface area contributed by atoms with Crippen LogP contribution in [0.5, 0.6) is 5.75 Å². The Labute approximate surface area is 108 Å². The van der Waals surface area contributed by atoms with Crippen molar-refractivity contribution in [3.05, 3.63) is 33.9 Å². The van der Waals surface area contributed by atoms with Crippen LogP contribution in [0.2, 0.25) is 5.02 Å². The van der Waals surface area contributed by atoms with Crippen molar-refractivity contribution < 1.29 is 4.74 Å². The molecule has 84 valence electrons. The van der Waals surface area contributed by atoms with E-state index in [1.54, 1.807) is 6.20 Å². The number of aromatic nitrogens is 1. The molecule has 0 aliphatic carbocycles. The van der Waals surface area contributed by atoms with Gasteiger partial charge in [-0.25, -0.2) is 0 Å². The normalized spacial score (nSPS) is 10.7. The standard InChI is InChI=1S/C12H11BrClNO/c1-2-6-16-10-5-3-4-8-11(13)9(14)7-15-12(8)10/h3-5,7H,2,6H2,1H3. The third-order valence-electron chi connectivity index (χ3n) is 2.21. The van der Waals surface area contributed by atoms with E-state index < -0.39 is 0 Å². The highest BCUT2D eigenvalue weighted by Gasteiger charge is 2.08. The molecule has 16 heavy (non-hydrogen) atoms. The first kappa shape index (κ1) is 11.7. The molecule has 0 radical (unpaired) electrons. The van der Waals surface area contributed by atoms with E-state index in [9.17, 15) is 0 Å². The van der Waals surface area contributed by atoms with Gasteiger partial charge in [-0.2, -0.15) is 0 Å². The highest BCUT2D eigenvalue weighted by molar-refractivity contribution is 9.10. The Balaban J connectivity index is 2.56. The Bertz CT molecular complexity index is 516. The van der Waals surface area contributed by atoms with Crippen molar-refractivity contribution in [1.82, 2.24) is 4.98 Å². The van der Waals surface area contributed by atoms with Gasteiger partial charge in [0.25, 0.3) is 0 Å². The molecule has 2 nitrogen and oxygen atoms in total. The van der Waals surface area contributed by atoms with E-state index in [0.717, 1.165) is 27.5 Å². The molecule has 4 heteroatoms. The maximum Gasteiger partial charge on any atom is 0.145 e. The summed E-state index contributed by atoms with van der Waals surface area (Å²) in [6, 6.07) is 5.83. The number of pyridine rings is 1. The van der Waals surface area contributed by atoms with Crippen LogP contribution in [-0.2, 0) is 0 Å². The monoisotopic (exact) mass is 299 g/mol. The van der Waals surface area contributed by atoms with Gasteiger partial charge in [-0.05, 0) is 28.4 Å². The fraction of sp³-hybridized carbons (Fsp3) is 0.250. The predicted molar refractivity (Wildman–Crippen MR) is 70.2 cm³/mol. The van der Waals surface area contributed by atoms with Crippen LogP contribution >= 0.6 is 27.5 Å². The number of halogens is 2. The van der Waals surface area contributed by atoms with Crippen LogP contribution in [0.15, 0.2) is 28.9 Å². The number of rotatable bonds is 3. The lowest BCUT2D eigenvalue weighted by atomic mass is 10.2. The zero-order chi connectivity index (χ0) is 11.5. The molecule has 0 amide bonds. The zero-order valence-corrected chi connectivity index (χ0v) is 11.2. The minimum absolute atomic E-state index is 0.611. The quantitative estimate of drug-likeness (QED) is 0.836. The van der Waals surface area contributed by atoms with Crippen molar-refractivity contribution in [2.75, 3.05) is 6.61 Å². The van der Waals surface area contributed by atoms with Gasteiger partial charge < -0.3 is 4.74 Å². The third kappa shape index (κ3) is 2.15. The van der Waals surface area contributed by atoms with Gasteiger partial charge in [0.2, 0.25) is 0 Å². The van der Waals surface area contributed by atoms with Gasteiger partial charge in [0.1, 0.15) is 11.3 Å². The molecule has 1 aromatic carbocycles. The van der Waals surface area contributed by atoms with Gasteiger partial charge >= 0.3 is 0 Å². The Morgan fingerprint density at radius 1 is 1.44 bits per heavy atom. The molecular formula is C12H11BrClNO. The maximum absolute atomic E-state index is 5.99. The number of hydrogen-bond acceptors (Lipinski definition) is 2. The van der Waals surface area contributed by atoms with Crippen molar-refractivity contribution in [2.24, 2.45) is 0 Å². The first-order valence-electron chi connectivity index (χ1n) is 5.09. The smallest absolute Gasteiger partial charge is 0.145 e. The van der Waals surface area contributed by atoms with Crippen LogP contribution in [0.3, 0.4) is 0 Å². The van der Waals surface area contributed by atoms with E-state index >= 15 is 0 Å². The fourth-order valence-corrected chi connectivity index (χ4v) is 2.04. The van der Waals surface area contributed by atoms with Crippen molar-refractivity contribution in [3.8, 4) is 5.75 Å². The third-order valence-corrected chi connectivity index (χ3v) is 3.58. The van der Waals surface area contributed by atoms with Gasteiger partial charge in [-0.15, -0.1) is 0 Å². The summed E-state index contributed by atoms with van der Waals surface area (Å²) in [6.07, 6.45) is 2.61. The molecular weight excluding hydrogens is 289 g/mol. The lowest BCUT2D eigenvalue weighted by molar-refractivity contribution is 0.320. The summed E-state index contributed by atoms with van der Waals surface area (Å²) in [7, 11) is 0. The molecule has 0 unspecified atom stereocenters. The van der Waals surface area contributed by atoms with E-state index in [0.29, 0.717) is 11.6 Å². The summed E-state index contributed by atoms with van der Waals surface area (Å²) in [6.45, 7) is 2.77. The van der Waals surface area contributed by atoms with Gasteiger partial charge in [0, 0.05) is 16.1 Å². The van der Waals surface area contributed by atoms with Crippen LogP contribution in [0, 0.1) is 0 Å². The lowest BCUT2D eigenvalue weighted by Crippen LogP contribution is -1.96. The molecule has 0 fully saturated rings. The van der Waals surface area contributed by atoms with E-state index in [-0.39, 0.29) is 0 Å². The Hall–Kier alpha value is -0.800. The molecule has 0 N–H and O–H groups in total. The molecule has 0 saturated carbocycles. The van der Waals surface area contributed by atoms with E-state index in [1.165, 1.54) is 0 Å². The van der Waals surface area contributed by atoms with E-state index in [1.807, 2.05) is 18.2 Å². The van der Waals surface area contributed by atoms with E-state index in [2.05, 4.69) is 27.8 Å². The molecule has 2 rings (SSSR count). The average molecular weight is 301 g/mol. The number of benzene rings is 1. The fourth-order valence-electron chi connectivity index (χ4n) is 1.47. The molecule has 0 atom stereocenters. The van der Waals surface area contributed by atoms with Crippen LogP contribution in [-0.4, -0.2) is 11.6 Å². The summed E-state index contributed by atoms with van der Waals surface area (Å²) in [4.78, 5) is 4.31. The summed E-state index contributed by atoms with van der Waals surface area (Å²) in [5.41, 5.74) is 0.840. The number of hydrogen-bond donors (Lipinski definition) is 0. The van der Waals surface area contributed by atoms with Crippen LogP contribution in [0.25, 0.3) is 10.9 Å². The number of fused-ring (bicyclic) bond motifs is 1. The molecule has 0 spiro atoms. The van der Waals surface area contributed by atoms with Crippen LogP contribution < -0.4 is 4.74 Å². The first-order chi connectivity index (χ1) is 7.74. The summed E-state index contributed by atoms with van der Waals surface area (Å²) >= 11 is 9.45. The minimum Gasteiger partial charge on any atom is -0.491 e. The average Bonchev–Trinajstić information content (AvgIpc) is 2.31. The second kappa shape index (κ2) is 5.02. The summed E-state index contributed by atoms with van der Waals surface area (Å²) < 4.78 is 6.50. The minimum atomic E-state index is 0.611. The highest BCUT2D eigenvalue weighted by Crippen LogP contribution is 2.33. The summed E-state index contributed by atoms with van der Waals surface area (Å²) in [5.74, 6) is 0.803. The number of ether oxygens (including phenoxy) is 1. The Morgan fingerprint density at radius 3 is 3.00 bits per heavy atom. The van der Waals surface area contributed by atoms with Crippen molar-refractivity contribution in [2.45, 2.75) is 13.3 Å². The van der Waals surface area contributed by atoms with Crippen LogP contribution in [0.4, 0.5) is 0 Å². The van der Waals surface area contributed by atoms with Crippen LogP contribution in [0.1, 0.15) is 13.3 Å². The van der Waals surface area contributed by atoms with Crippen molar-refractivity contribution >= 4 is 38.4 Å². The second-order valence-corrected chi connectivity index (χ2v) is 4.62. The van der Waals surface area contributed by atoms with E-state index in [4.69, 9.17) is 16.3 Å². The van der Waals surface area contributed by atoms with Gasteiger partial charge in [0.05, 0.1) is 11.6 Å². The molecule has 0 aliphatic heterocycles. The molecule has 2 aromatic rings. The SMILES string of the molecule is CCCOc1cccc2c(Br)c(Cl)cnc12. The topological polar surface area (TPSA) is 22.1 Å². The second-order valence-electron chi connectivity index (χ2n) is 3.42. The van der Waals surface area contributed by atoms with Gasteiger partial charge in [-0.1, -0.05) is 30.7 Å². The maximum atomic E-state index is 5.99. The number of nitrogens with zero attached hydrogens (tertiary/aromatic N) is 1. The predicted octanol–water partition coefficient (Wildman–Crippen LogP) is 4.44. The number of para-hydroxylation sites is 1. The van der Waals surface area contributed by atoms with Gasteiger partial charge in [0.15, 0.2) is 0 Å². The Morgan fingerprint density at radius 2 is 2.25 bits per heavy atom. The summed E-state index contributed by atoms with van der Waals surface area (Å²) in [5, 5.41) is 1.58. The van der Waals surface area contributed by atoms with Gasteiger partial charge in [-0.3, -0.25) is 4.98 Å². The molecule has 1 heterocycles. The Kier molecular flexibility index (Phi) is 3.66. The largest absolute Gasteiger partial charge is 0.491 e. The molecule has 0 bridgehead atoms. The molecule has 0 saturated heterocycles. The first-order valence-corrected chi connectivity index (χ1v) is 6.26. The van der Waals surface area contributed by atoms with Crippen molar-refractivity contribution in [1.29, 1.82) is 0 Å².